The molecule has 0 bridgehead atoms. The first-order valence-corrected chi connectivity index (χ1v) is 7.80. The Morgan fingerprint density at radius 3 is 2.18 bits per heavy atom. The number of amides is 1. The molecule has 1 amide bonds. The highest BCUT2D eigenvalue weighted by molar-refractivity contribution is 7.07. The van der Waals surface area contributed by atoms with Gasteiger partial charge in [0.15, 0.2) is 11.5 Å². The van der Waals surface area contributed by atoms with Gasteiger partial charge in [-0.3, -0.25) is 4.79 Å². The van der Waals surface area contributed by atoms with E-state index < -0.39 is 0 Å². The van der Waals surface area contributed by atoms with Crippen molar-refractivity contribution < 1.29 is 14.3 Å². The van der Waals surface area contributed by atoms with Gasteiger partial charge in [-0.05, 0) is 47.6 Å². The van der Waals surface area contributed by atoms with E-state index in [1.807, 2.05) is 17.0 Å². The van der Waals surface area contributed by atoms with Crippen molar-refractivity contribution in [2.45, 2.75) is 12.8 Å². The molecule has 0 radical (unpaired) electrons. The van der Waals surface area contributed by atoms with Crippen LogP contribution in [0.2, 0.25) is 0 Å². The lowest BCUT2D eigenvalue weighted by Crippen LogP contribution is -2.32. The topological polar surface area (TPSA) is 64.6 Å². The van der Waals surface area contributed by atoms with E-state index in [9.17, 15) is 4.79 Å². The number of hydrogen-bond donors (Lipinski definition) is 0. The van der Waals surface area contributed by atoms with Gasteiger partial charge in [0.1, 0.15) is 4.88 Å². The molecular weight excluding hydrogens is 302 g/mol. The second-order valence-corrected chi connectivity index (χ2v) is 5.84. The predicted molar refractivity (Wildman–Crippen MR) is 82.8 cm³/mol. The fraction of sp³-hybridized carbons (Fsp3) is 0.400. The second-order valence-electron chi connectivity index (χ2n) is 5.05. The average Bonchev–Trinajstić information content (AvgIpc) is 3.00. The summed E-state index contributed by atoms with van der Waals surface area (Å²) in [4.78, 5) is 14.9. The summed E-state index contributed by atoms with van der Waals surface area (Å²) in [5.74, 6) is 1.46. The van der Waals surface area contributed by atoms with Crippen LogP contribution in [-0.2, 0) is 12.8 Å². The van der Waals surface area contributed by atoms with Gasteiger partial charge in [-0.25, -0.2) is 0 Å². The molecular formula is C15H17N3O3S. The van der Waals surface area contributed by atoms with Gasteiger partial charge in [-0.1, -0.05) is 4.49 Å². The summed E-state index contributed by atoms with van der Waals surface area (Å²) in [6, 6.07) is 4.02. The third-order valence-corrected chi connectivity index (χ3v) is 4.52. The number of rotatable bonds is 3. The zero-order valence-electron chi connectivity index (χ0n) is 12.5. The molecule has 0 atom stereocenters. The molecule has 1 aliphatic rings. The van der Waals surface area contributed by atoms with Crippen molar-refractivity contribution in [1.82, 2.24) is 14.5 Å². The predicted octanol–water partition coefficient (Wildman–Crippen LogP) is 1.80. The van der Waals surface area contributed by atoms with Crippen molar-refractivity contribution >= 4 is 17.4 Å². The number of ether oxygens (including phenoxy) is 2. The SMILES string of the molecule is COc1cc2c(cc1OC)CCN(C(=O)c1cnns1)CC2. The minimum absolute atomic E-state index is 0.00161. The van der Waals surface area contributed by atoms with Crippen molar-refractivity contribution in [3.05, 3.63) is 34.3 Å². The molecule has 0 saturated heterocycles. The van der Waals surface area contributed by atoms with E-state index in [1.54, 1.807) is 14.2 Å². The molecule has 6 nitrogen and oxygen atoms in total. The lowest BCUT2D eigenvalue weighted by atomic mass is 10.0. The summed E-state index contributed by atoms with van der Waals surface area (Å²) in [6.07, 6.45) is 3.12. The largest absolute Gasteiger partial charge is 0.493 e. The Hall–Kier alpha value is -2.15. The van der Waals surface area contributed by atoms with E-state index in [2.05, 4.69) is 9.59 Å². The zero-order valence-corrected chi connectivity index (χ0v) is 13.4. The first-order chi connectivity index (χ1) is 10.7. The van der Waals surface area contributed by atoms with Gasteiger partial charge in [0.05, 0.1) is 20.4 Å². The minimum atomic E-state index is 0.00161. The molecule has 3 rings (SSSR count). The molecule has 2 aromatic rings. The summed E-state index contributed by atoms with van der Waals surface area (Å²) in [5.41, 5.74) is 2.41. The van der Waals surface area contributed by atoms with Crippen molar-refractivity contribution in [1.29, 1.82) is 0 Å². The van der Waals surface area contributed by atoms with Gasteiger partial charge < -0.3 is 14.4 Å². The van der Waals surface area contributed by atoms with E-state index in [0.717, 1.165) is 35.9 Å². The Kier molecular flexibility index (Phi) is 4.24. The number of hydrogen-bond acceptors (Lipinski definition) is 6. The van der Waals surface area contributed by atoms with E-state index in [1.165, 1.54) is 17.3 Å². The first kappa shape index (κ1) is 14.8. The quantitative estimate of drug-likeness (QED) is 0.863. The second kappa shape index (κ2) is 6.31. The molecule has 116 valence electrons. The highest BCUT2D eigenvalue weighted by atomic mass is 32.1. The Morgan fingerprint density at radius 1 is 1.14 bits per heavy atom. The first-order valence-electron chi connectivity index (χ1n) is 7.03. The molecule has 2 heterocycles. The fourth-order valence-corrected chi connectivity index (χ4v) is 3.16. The van der Waals surface area contributed by atoms with Gasteiger partial charge in [-0.2, -0.15) is 0 Å². The van der Waals surface area contributed by atoms with Crippen molar-refractivity contribution in [2.24, 2.45) is 0 Å². The van der Waals surface area contributed by atoms with Crippen molar-refractivity contribution in [3.8, 4) is 11.5 Å². The molecule has 22 heavy (non-hydrogen) atoms. The van der Waals surface area contributed by atoms with Gasteiger partial charge in [-0.15, -0.1) is 5.10 Å². The Labute approximate surface area is 132 Å². The molecule has 0 spiro atoms. The van der Waals surface area contributed by atoms with E-state index >= 15 is 0 Å². The maximum absolute atomic E-state index is 12.4. The Balaban J connectivity index is 1.82. The summed E-state index contributed by atoms with van der Waals surface area (Å²) in [5, 5.41) is 3.73. The highest BCUT2D eigenvalue weighted by Crippen LogP contribution is 2.32. The van der Waals surface area contributed by atoms with Crippen LogP contribution in [0.1, 0.15) is 20.8 Å². The lowest BCUT2D eigenvalue weighted by Gasteiger charge is -2.18. The molecule has 1 aromatic heterocycles. The molecule has 0 unspecified atom stereocenters. The minimum Gasteiger partial charge on any atom is -0.493 e. The maximum atomic E-state index is 12.4. The highest BCUT2D eigenvalue weighted by Gasteiger charge is 2.22. The number of methoxy groups -OCH3 is 2. The smallest absolute Gasteiger partial charge is 0.267 e. The van der Waals surface area contributed by atoms with Gasteiger partial charge in [0.2, 0.25) is 0 Å². The van der Waals surface area contributed by atoms with E-state index in [-0.39, 0.29) is 5.91 Å². The number of fused-ring (bicyclic) bond motifs is 1. The zero-order chi connectivity index (χ0) is 15.5. The summed E-state index contributed by atoms with van der Waals surface area (Å²) < 4.78 is 14.5. The van der Waals surface area contributed by atoms with Gasteiger partial charge >= 0.3 is 0 Å². The number of benzene rings is 1. The molecule has 0 fully saturated rings. The van der Waals surface area contributed by atoms with Gasteiger partial charge in [0.25, 0.3) is 5.91 Å². The third-order valence-electron chi connectivity index (χ3n) is 3.87. The Bertz CT molecular complexity index is 638. The van der Waals surface area contributed by atoms with Crippen molar-refractivity contribution in [3.63, 3.8) is 0 Å². The third kappa shape index (κ3) is 2.76. The summed E-state index contributed by atoms with van der Waals surface area (Å²) in [7, 11) is 3.27. The number of carbonyl (C=O) groups excluding carboxylic acids is 1. The normalized spacial score (nSPS) is 14.2. The number of aromatic nitrogens is 2. The monoisotopic (exact) mass is 319 g/mol. The van der Waals surface area contributed by atoms with Crippen LogP contribution in [0, 0.1) is 0 Å². The maximum Gasteiger partial charge on any atom is 0.267 e. The molecule has 1 aromatic carbocycles. The van der Waals surface area contributed by atoms with Crippen molar-refractivity contribution in [2.75, 3.05) is 27.3 Å². The molecule has 0 aliphatic carbocycles. The lowest BCUT2D eigenvalue weighted by molar-refractivity contribution is 0.0767. The Morgan fingerprint density at radius 2 is 1.73 bits per heavy atom. The van der Waals surface area contributed by atoms with Crippen LogP contribution in [0.4, 0.5) is 0 Å². The molecule has 0 N–H and O–H groups in total. The van der Waals surface area contributed by atoms with Gasteiger partial charge in [0, 0.05) is 13.1 Å². The summed E-state index contributed by atoms with van der Waals surface area (Å²) >= 11 is 1.14. The van der Waals surface area contributed by atoms with Crippen LogP contribution in [-0.4, -0.2) is 47.7 Å². The van der Waals surface area contributed by atoms with E-state index in [0.29, 0.717) is 18.0 Å². The number of carbonyl (C=O) groups is 1. The van der Waals surface area contributed by atoms with E-state index in [4.69, 9.17) is 9.47 Å². The van der Waals surface area contributed by atoms with Crippen LogP contribution in [0.25, 0.3) is 0 Å². The van der Waals surface area contributed by atoms with Crippen LogP contribution in [0.3, 0.4) is 0 Å². The molecule has 1 aliphatic heterocycles. The van der Waals surface area contributed by atoms with Crippen LogP contribution in [0.15, 0.2) is 18.3 Å². The molecule has 7 heteroatoms. The van der Waals surface area contributed by atoms with Crippen LogP contribution < -0.4 is 9.47 Å². The number of nitrogens with zero attached hydrogens (tertiary/aromatic N) is 3. The van der Waals surface area contributed by atoms with Crippen LogP contribution in [0.5, 0.6) is 11.5 Å². The average molecular weight is 319 g/mol. The standard InChI is InChI=1S/C15H17N3O3S/c1-20-12-7-10-3-5-18(15(19)14-9-16-17-22-14)6-4-11(10)8-13(12)21-2/h7-9H,3-6H2,1-2H3. The molecule has 0 saturated carbocycles. The fourth-order valence-electron chi connectivity index (χ4n) is 2.67. The van der Waals surface area contributed by atoms with Crippen LogP contribution >= 0.6 is 11.5 Å². The summed E-state index contributed by atoms with van der Waals surface area (Å²) in [6.45, 7) is 1.36.